The number of alkyl halides is 3. The molecule has 0 aliphatic carbocycles. The van der Waals surface area contributed by atoms with Gasteiger partial charge in [-0.2, -0.15) is 13.2 Å². The lowest BCUT2D eigenvalue weighted by molar-refractivity contribution is -0.143. The average Bonchev–Trinajstić information content (AvgIpc) is 3.02. The van der Waals surface area contributed by atoms with Gasteiger partial charge in [-0.05, 0) is 61.9 Å². The number of benzene rings is 4. The molecule has 3 amide bonds. The first-order valence-corrected chi connectivity index (χ1v) is 14.5. The number of carbonyl (C=O) groups is 3. The van der Waals surface area contributed by atoms with Gasteiger partial charge in [-0.1, -0.05) is 48.0 Å². The van der Waals surface area contributed by atoms with E-state index in [-0.39, 0.29) is 5.70 Å². The number of hydrogen-bond donors (Lipinski definition) is 3. The van der Waals surface area contributed by atoms with E-state index in [9.17, 15) is 45.1 Å². The van der Waals surface area contributed by atoms with Gasteiger partial charge in [0.2, 0.25) is 5.91 Å². The van der Waals surface area contributed by atoms with Crippen molar-refractivity contribution in [2.75, 3.05) is 10.6 Å². The van der Waals surface area contributed by atoms with Gasteiger partial charge in [-0.15, -0.1) is 11.8 Å². The second-order valence-electron chi connectivity index (χ2n) is 10.0. The second kappa shape index (κ2) is 14.5. The van der Waals surface area contributed by atoms with Gasteiger partial charge >= 0.3 is 6.18 Å². The number of hydrogen-bond acceptors (Lipinski definition) is 4. The number of amides is 3. The van der Waals surface area contributed by atoms with Crippen LogP contribution in [0, 0.1) is 30.2 Å². The maximum absolute atomic E-state index is 14.2. The Morgan fingerprint density at radius 2 is 1.40 bits per heavy atom. The minimum atomic E-state index is -5.72. The lowest BCUT2D eigenvalue weighted by Crippen LogP contribution is -2.30. The van der Waals surface area contributed by atoms with Crippen LogP contribution in [0.4, 0.5) is 42.1 Å². The molecule has 0 aliphatic heterocycles. The van der Waals surface area contributed by atoms with Gasteiger partial charge in [-0.3, -0.25) is 14.4 Å². The van der Waals surface area contributed by atoms with E-state index in [4.69, 9.17) is 0 Å². The minimum absolute atomic E-state index is 0.0520. The Labute approximate surface area is 268 Å². The molecule has 0 aliphatic rings. The Morgan fingerprint density at radius 1 is 0.787 bits per heavy atom. The number of anilines is 2. The summed E-state index contributed by atoms with van der Waals surface area (Å²) in [6.45, 7) is 3.15. The molecule has 0 fully saturated rings. The van der Waals surface area contributed by atoms with Gasteiger partial charge in [0.05, 0.1) is 5.25 Å². The topological polar surface area (TPSA) is 87.3 Å². The van der Waals surface area contributed by atoms with Crippen molar-refractivity contribution in [2.45, 2.75) is 30.2 Å². The number of thioether (sulfide) groups is 1. The van der Waals surface area contributed by atoms with E-state index in [1.54, 1.807) is 47.8 Å². The summed E-state index contributed by atoms with van der Waals surface area (Å²) in [5, 5.41) is 5.74. The molecular weight excluding hydrogens is 651 g/mol. The van der Waals surface area contributed by atoms with Crippen LogP contribution in [0.5, 0.6) is 0 Å². The molecule has 0 saturated carbocycles. The van der Waals surface area contributed by atoms with Crippen LogP contribution >= 0.6 is 11.8 Å². The Morgan fingerprint density at radius 3 is 1.98 bits per heavy atom. The Balaban J connectivity index is 1.46. The molecular formula is C33H24F7N3O3S. The molecule has 0 radical (unpaired) electrons. The summed E-state index contributed by atoms with van der Waals surface area (Å²) < 4.78 is 94.8. The van der Waals surface area contributed by atoms with Crippen LogP contribution in [0.2, 0.25) is 0 Å². The van der Waals surface area contributed by atoms with Crippen LogP contribution in [-0.2, 0) is 15.8 Å². The van der Waals surface area contributed by atoms with Crippen LogP contribution in [0.25, 0.3) is 6.08 Å². The minimum Gasteiger partial charge on any atom is -0.321 e. The predicted molar refractivity (Wildman–Crippen MR) is 163 cm³/mol. The molecule has 1 unspecified atom stereocenters. The van der Waals surface area contributed by atoms with Crippen molar-refractivity contribution in [3.8, 4) is 0 Å². The van der Waals surface area contributed by atoms with Crippen LogP contribution in [0.3, 0.4) is 0 Å². The maximum atomic E-state index is 14.2. The van der Waals surface area contributed by atoms with Crippen LogP contribution in [-0.4, -0.2) is 23.0 Å². The number of aryl methyl sites for hydroxylation is 1. The van der Waals surface area contributed by atoms with E-state index in [0.29, 0.717) is 21.7 Å². The Bertz CT molecular complexity index is 1820. The van der Waals surface area contributed by atoms with Crippen molar-refractivity contribution in [3.63, 3.8) is 0 Å². The standard InChI is InChI=1S/C33H24F7N3O3S/c1-17-7-6-8-19(15-17)16-23(42-31(45)20-9-4-3-5-10-20)32(46)41-21-11-13-22(14-12-21)47-18(2)30(44)43-29-27(36)25(34)24(33(38,39)40)26(35)28(29)37/h3-16,18H,1-2H3,(H,41,46)(H,42,45)(H,43,44)/b23-16-. The predicted octanol–water partition coefficient (Wildman–Crippen LogP) is 8.10. The highest BCUT2D eigenvalue weighted by Crippen LogP contribution is 2.38. The summed E-state index contributed by atoms with van der Waals surface area (Å²) in [7, 11) is 0. The van der Waals surface area contributed by atoms with Crippen LogP contribution in [0.15, 0.2) is 89.5 Å². The van der Waals surface area contributed by atoms with E-state index in [0.717, 1.165) is 17.3 Å². The zero-order valence-electron chi connectivity index (χ0n) is 24.4. The van der Waals surface area contributed by atoms with Crippen molar-refractivity contribution < 1.29 is 45.1 Å². The molecule has 14 heteroatoms. The molecule has 0 spiro atoms. The fourth-order valence-electron chi connectivity index (χ4n) is 4.16. The fourth-order valence-corrected chi connectivity index (χ4v) is 5.02. The molecule has 244 valence electrons. The molecule has 47 heavy (non-hydrogen) atoms. The molecule has 0 saturated heterocycles. The summed E-state index contributed by atoms with van der Waals surface area (Å²) in [4.78, 5) is 39.0. The molecule has 1 atom stereocenters. The zero-order chi connectivity index (χ0) is 34.5. The van der Waals surface area contributed by atoms with Gasteiger partial charge < -0.3 is 16.0 Å². The number of rotatable bonds is 9. The second-order valence-corrected chi connectivity index (χ2v) is 11.4. The van der Waals surface area contributed by atoms with Crippen molar-refractivity contribution >= 4 is 46.9 Å². The average molecular weight is 676 g/mol. The Hall–Kier alpha value is -5.11. The molecule has 4 aromatic rings. The lowest BCUT2D eigenvalue weighted by Gasteiger charge is -2.16. The molecule has 4 aromatic carbocycles. The molecule has 0 aromatic heterocycles. The van der Waals surface area contributed by atoms with E-state index in [2.05, 4.69) is 10.6 Å². The van der Waals surface area contributed by atoms with Gasteiger partial charge in [-0.25, -0.2) is 17.6 Å². The molecule has 6 nitrogen and oxygen atoms in total. The first-order chi connectivity index (χ1) is 22.1. The third-order valence-electron chi connectivity index (χ3n) is 6.47. The van der Waals surface area contributed by atoms with E-state index >= 15 is 0 Å². The highest BCUT2D eigenvalue weighted by Gasteiger charge is 2.42. The number of nitrogens with one attached hydrogen (secondary N) is 3. The van der Waals surface area contributed by atoms with Crippen molar-refractivity contribution in [1.29, 1.82) is 0 Å². The number of carbonyl (C=O) groups excluding carboxylic acids is 3. The zero-order valence-corrected chi connectivity index (χ0v) is 25.3. The largest absolute Gasteiger partial charge is 0.422 e. The van der Waals surface area contributed by atoms with Gasteiger partial charge in [0.1, 0.15) is 16.9 Å². The fraction of sp³-hybridized carbons (Fsp3) is 0.121. The highest BCUT2D eigenvalue weighted by atomic mass is 32.2. The van der Waals surface area contributed by atoms with Gasteiger partial charge in [0.25, 0.3) is 11.8 Å². The highest BCUT2D eigenvalue weighted by molar-refractivity contribution is 8.00. The Kier molecular flexibility index (Phi) is 10.8. The SMILES string of the molecule is Cc1cccc(/C=C(\NC(=O)c2ccccc2)C(=O)Nc2ccc(SC(C)C(=O)Nc3c(F)c(F)c(C(F)(F)F)c(F)c3F)cc2)c1. The van der Waals surface area contributed by atoms with E-state index in [1.807, 2.05) is 19.1 Å². The van der Waals surface area contributed by atoms with E-state index in [1.165, 1.54) is 37.3 Å². The summed E-state index contributed by atoms with van der Waals surface area (Å²) in [6, 6.07) is 21.4. The lowest BCUT2D eigenvalue weighted by atomic mass is 10.1. The third kappa shape index (κ3) is 8.58. The van der Waals surface area contributed by atoms with Crippen LogP contribution < -0.4 is 16.0 Å². The normalized spacial score (nSPS) is 12.3. The summed E-state index contributed by atoms with van der Waals surface area (Å²) in [6.07, 6.45) is -4.21. The van der Waals surface area contributed by atoms with Gasteiger partial charge in [0.15, 0.2) is 23.3 Å². The summed E-state index contributed by atoms with van der Waals surface area (Å²) in [5.74, 6) is -12.5. The molecule has 0 bridgehead atoms. The molecule has 0 heterocycles. The van der Waals surface area contributed by atoms with Crippen molar-refractivity contribution in [2.24, 2.45) is 0 Å². The number of halogens is 7. The van der Waals surface area contributed by atoms with E-state index < -0.39 is 63.7 Å². The quantitative estimate of drug-likeness (QED) is 0.0725. The van der Waals surface area contributed by atoms with Crippen molar-refractivity contribution in [3.05, 3.63) is 130 Å². The molecule has 3 N–H and O–H groups in total. The molecule has 4 rings (SSSR count). The maximum Gasteiger partial charge on any atom is 0.422 e. The monoisotopic (exact) mass is 675 g/mol. The first kappa shape index (κ1) is 34.8. The van der Waals surface area contributed by atoms with Crippen LogP contribution in [0.1, 0.15) is 34.0 Å². The smallest absolute Gasteiger partial charge is 0.321 e. The summed E-state index contributed by atoms with van der Waals surface area (Å²) >= 11 is 0.836. The summed E-state index contributed by atoms with van der Waals surface area (Å²) in [5.41, 5.74) is -2.30. The first-order valence-electron chi connectivity index (χ1n) is 13.6. The van der Waals surface area contributed by atoms with Crippen molar-refractivity contribution in [1.82, 2.24) is 5.32 Å². The third-order valence-corrected chi connectivity index (χ3v) is 7.58. The van der Waals surface area contributed by atoms with Gasteiger partial charge in [0, 0.05) is 16.1 Å².